The van der Waals surface area contributed by atoms with Crippen molar-refractivity contribution in [2.24, 2.45) is 0 Å². The quantitative estimate of drug-likeness (QED) is 0.837. The summed E-state index contributed by atoms with van der Waals surface area (Å²) >= 11 is 0. The minimum atomic E-state index is -4.26. The number of aryl methyl sites for hydroxylation is 1. The Hall–Kier alpha value is -1.91. The average molecular weight is 319 g/mol. The van der Waals surface area contributed by atoms with Gasteiger partial charge in [-0.2, -0.15) is 4.98 Å². The van der Waals surface area contributed by atoms with Crippen LogP contribution in [0.4, 0.5) is 8.78 Å². The molecule has 0 aliphatic rings. The molecule has 0 aliphatic carbocycles. The van der Waals surface area contributed by atoms with Crippen molar-refractivity contribution in [1.82, 2.24) is 14.9 Å². The van der Waals surface area contributed by atoms with Gasteiger partial charge in [0.25, 0.3) is 0 Å². The second kappa shape index (κ2) is 5.84. The molecule has 2 aromatic rings. The van der Waals surface area contributed by atoms with Crippen LogP contribution in [-0.4, -0.2) is 23.7 Å². The fraction of sp³-hybridized carbons (Fsp3) is 0.273. The summed E-state index contributed by atoms with van der Waals surface area (Å²) in [7, 11) is -4.26. The van der Waals surface area contributed by atoms with Crippen LogP contribution >= 0.6 is 0 Å². The van der Waals surface area contributed by atoms with Gasteiger partial charge in [0, 0.05) is 0 Å². The summed E-state index contributed by atoms with van der Waals surface area (Å²) in [5.74, 6) is -2.05. The van der Waals surface area contributed by atoms with Crippen LogP contribution in [0.25, 0.3) is 0 Å². The Bertz CT molecular complexity index is 761. The fourth-order valence-electron chi connectivity index (χ4n) is 1.57. The molecule has 7 nitrogen and oxygen atoms in total. The van der Waals surface area contributed by atoms with E-state index >= 15 is 0 Å². The highest BCUT2D eigenvalue weighted by Gasteiger charge is 2.23. The van der Waals surface area contributed by atoms with E-state index in [1.807, 2.05) is 4.72 Å². The van der Waals surface area contributed by atoms with Crippen LogP contribution in [-0.2, 0) is 23.2 Å². The average Bonchev–Trinajstić information content (AvgIpc) is 2.83. The summed E-state index contributed by atoms with van der Waals surface area (Å²) in [4.78, 5) is 3.01. The molecule has 0 spiro atoms. The molecule has 2 N–H and O–H groups in total. The maximum Gasteiger partial charge on any atom is 0.243 e. The van der Waals surface area contributed by atoms with Gasteiger partial charge in [0.1, 0.15) is 10.7 Å². The molecule has 2 rings (SSSR count). The van der Waals surface area contributed by atoms with E-state index in [0.29, 0.717) is 5.82 Å². The van der Waals surface area contributed by atoms with Gasteiger partial charge in [0.05, 0.1) is 18.7 Å². The molecule has 0 aliphatic heterocycles. The SMILES string of the molecule is Cc1noc(CNS(=O)(=O)c2ccc(F)c(CO)c2F)n1. The molecule has 0 saturated carbocycles. The normalized spacial score (nSPS) is 11.8. The van der Waals surface area contributed by atoms with Crippen LogP contribution in [0.1, 0.15) is 17.3 Å². The number of nitrogens with one attached hydrogen (secondary N) is 1. The van der Waals surface area contributed by atoms with Crippen LogP contribution in [0.15, 0.2) is 21.6 Å². The van der Waals surface area contributed by atoms with Gasteiger partial charge < -0.3 is 9.63 Å². The maximum atomic E-state index is 13.9. The van der Waals surface area contributed by atoms with E-state index < -0.39 is 38.7 Å². The summed E-state index contributed by atoms with van der Waals surface area (Å²) in [6.07, 6.45) is 0. The maximum absolute atomic E-state index is 13.9. The van der Waals surface area contributed by atoms with Crippen molar-refractivity contribution in [3.05, 3.63) is 41.0 Å². The smallest absolute Gasteiger partial charge is 0.243 e. The van der Waals surface area contributed by atoms with Crippen molar-refractivity contribution < 1.29 is 26.8 Å². The third kappa shape index (κ3) is 3.23. The lowest BCUT2D eigenvalue weighted by Gasteiger charge is -2.09. The van der Waals surface area contributed by atoms with E-state index in [2.05, 4.69) is 10.1 Å². The minimum Gasteiger partial charge on any atom is -0.391 e. The molecule has 1 aromatic heterocycles. The first kappa shape index (κ1) is 15.5. The van der Waals surface area contributed by atoms with Crippen molar-refractivity contribution in [1.29, 1.82) is 0 Å². The molecule has 0 amide bonds. The molecule has 1 aromatic carbocycles. The Morgan fingerprint density at radius 2 is 2.10 bits per heavy atom. The Kier molecular flexibility index (Phi) is 4.30. The highest BCUT2D eigenvalue weighted by Crippen LogP contribution is 2.21. The Morgan fingerprint density at radius 3 is 2.67 bits per heavy atom. The van der Waals surface area contributed by atoms with Crippen LogP contribution in [0.5, 0.6) is 0 Å². The zero-order chi connectivity index (χ0) is 15.6. The number of sulfonamides is 1. The highest BCUT2D eigenvalue weighted by molar-refractivity contribution is 7.89. The third-order valence-electron chi connectivity index (χ3n) is 2.58. The molecule has 1 heterocycles. The number of halogens is 2. The van der Waals surface area contributed by atoms with E-state index in [0.717, 1.165) is 12.1 Å². The third-order valence-corrected chi connectivity index (χ3v) is 4.00. The van der Waals surface area contributed by atoms with Crippen LogP contribution in [0.2, 0.25) is 0 Å². The first-order valence-electron chi connectivity index (χ1n) is 5.71. The van der Waals surface area contributed by atoms with E-state index in [9.17, 15) is 17.2 Å². The number of aromatic nitrogens is 2. The Balaban J connectivity index is 2.27. The zero-order valence-electron chi connectivity index (χ0n) is 10.8. The van der Waals surface area contributed by atoms with Gasteiger partial charge in [-0.05, 0) is 19.1 Å². The van der Waals surface area contributed by atoms with Crippen molar-refractivity contribution >= 4 is 10.0 Å². The molecule has 0 saturated heterocycles. The van der Waals surface area contributed by atoms with Gasteiger partial charge in [-0.15, -0.1) is 0 Å². The van der Waals surface area contributed by atoms with Crippen molar-refractivity contribution in [3.8, 4) is 0 Å². The second-order valence-corrected chi connectivity index (χ2v) is 5.79. The molecule has 21 heavy (non-hydrogen) atoms. The van der Waals surface area contributed by atoms with Gasteiger partial charge in [-0.1, -0.05) is 5.16 Å². The van der Waals surface area contributed by atoms with Crippen LogP contribution in [0, 0.1) is 18.6 Å². The topological polar surface area (TPSA) is 105 Å². The van der Waals surface area contributed by atoms with Gasteiger partial charge in [-0.25, -0.2) is 21.9 Å². The summed E-state index contributed by atoms with van der Waals surface area (Å²) in [6, 6.07) is 1.53. The second-order valence-electron chi connectivity index (χ2n) is 4.06. The number of benzene rings is 1. The predicted molar refractivity (Wildman–Crippen MR) is 65.3 cm³/mol. The van der Waals surface area contributed by atoms with Gasteiger partial charge in [0.2, 0.25) is 15.9 Å². The first-order chi connectivity index (χ1) is 9.85. The van der Waals surface area contributed by atoms with E-state index in [4.69, 9.17) is 9.63 Å². The monoisotopic (exact) mass is 319 g/mol. The van der Waals surface area contributed by atoms with E-state index in [1.165, 1.54) is 0 Å². The van der Waals surface area contributed by atoms with E-state index in [1.54, 1.807) is 6.92 Å². The lowest BCUT2D eigenvalue weighted by Crippen LogP contribution is -2.25. The molecule has 0 bridgehead atoms. The number of hydrogen-bond donors (Lipinski definition) is 2. The summed E-state index contributed by atoms with van der Waals surface area (Å²) in [5, 5.41) is 12.3. The fourth-order valence-corrected chi connectivity index (χ4v) is 2.65. The molecule has 114 valence electrons. The Labute approximate surface area is 118 Å². The van der Waals surface area contributed by atoms with Gasteiger partial charge in [0.15, 0.2) is 11.6 Å². The standard InChI is InChI=1S/C11H11F2N3O4S/c1-6-15-10(20-16-6)4-14-21(18,19)9-3-2-8(12)7(5-17)11(9)13/h2-3,14,17H,4-5H2,1H3. The molecule has 0 unspecified atom stereocenters. The number of nitrogens with zero attached hydrogens (tertiary/aromatic N) is 2. The molecule has 0 radical (unpaired) electrons. The molecule has 0 fully saturated rings. The van der Waals surface area contributed by atoms with Crippen molar-refractivity contribution in [2.75, 3.05) is 0 Å². The van der Waals surface area contributed by atoms with Crippen LogP contribution < -0.4 is 4.72 Å². The lowest BCUT2D eigenvalue weighted by molar-refractivity contribution is 0.267. The lowest BCUT2D eigenvalue weighted by atomic mass is 10.2. The minimum absolute atomic E-state index is 0.000904. The summed E-state index contributed by atoms with van der Waals surface area (Å²) < 4.78 is 57.8. The summed E-state index contributed by atoms with van der Waals surface area (Å²) in [5.41, 5.74) is -0.716. The van der Waals surface area contributed by atoms with Crippen molar-refractivity contribution in [3.63, 3.8) is 0 Å². The number of aliphatic hydroxyl groups excluding tert-OH is 1. The van der Waals surface area contributed by atoms with Crippen LogP contribution in [0.3, 0.4) is 0 Å². The largest absolute Gasteiger partial charge is 0.391 e. The Morgan fingerprint density at radius 1 is 1.38 bits per heavy atom. The molecular weight excluding hydrogens is 308 g/mol. The highest BCUT2D eigenvalue weighted by atomic mass is 32.2. The first-order valence-corrected chi connectivity index (χ1v) is 7.20. The summed E-state index contributed by atoms with van der Waals surface area (Å²) in [6.45, 7) is 0.257. The van der Waals surface area contributed by atoms with Gasteiger partial charge >= 0.3 is 0 Å². The zero-order valence-corrected chi connectivity index (χ0v) is 11.6. The van der Waals surface area contributed by atoms with E-state index in [-0.39, 0.29) is 12.4 Å². The van der Waals surface area contributed by atoms with Gasteiger partial charge in [-0.3, -0.25) is 0 Å². The number of rotatable bonds is 5. The molecule has 10 heteroatoms. The predicted octanol–water partition coefficient (Wildman–Crippen LogP) is 0.627. The van der Waals surface area contributed by atoms with Crippen molar-refractivity contribution in [2.45, 2.75) is 25.0 Å². The number of hydrogen-bond acceptors (Lipinski definition) is 6. The molecule has 0 atom stereocenters. The molecular formula is C11H11F2N3O4S. The number of aliphatic hydroxyl groups is 1.